The van der Waals surface area contributed by atoms with Crippen molar-refractivity contribution in [1.29, 1.82) is 0 Å². The third-order valence-corrected chi connectivity index (χ3v) is 4.60. The molecule has 152 valence electrons. The summed E-state index contributed by atoms with van der Waals surface area (Å²) in [6.07, 6.45) is 2.31. The van der Waals surface area contributed by atoms with Gasteiger partial charge in [0.05, 0.1) is 0 Å². The minimum absolute atomic E-state index is 0.0176. The van der Waals surface area contributed by atoms with Crippen molar-refractivity contribution in [3.8, 4) is 5.75 Å². The Hall–Kier alpha value is -3.19. The summed E-state index contributed by atoms with van der Waals surface area (Å²) in [4.78, 5) is 35.6. The molecule has 1 aliphatic rings. The van der Waals surface area contributed by atoms with Gasteiger partial charge in [0.1, 0.15) is 5.75 Å². The Labute approximate surface area is 169 Å². The van der Waals surface area contributed by atoms with Crippen LogP contribution in [-0.4, -0.2) is 31.0 Å². The van der Waals surface area contributed by atoms with Crippen molar-refractivity contribution in [1.82, 2.24) is 0 Å². The van der Waals surface area contributed by atoms with Gasteiger partial charge in [-0.2, -0.15) is 0 Å². The molecule has 29 heavy (non-hydrogen) atoms. The molecule has 0 unspecified atom stereocenters. The van der Waals surface area contributed by atoms with Crippen molar-refractivity contribution in [3.05, 3.63) is 54.1 Å². The number of hydrogen-bond acceptors (Lipinski definition) is 5. The summed E-state index contributed by atoms with van der Waals surface area (Å²) < 4.78 is 10.3. The highest BCUT2D eigenvalue weighted by Crippen LogP contribution is 2.21. The van der Waals surface area contributed by atoms with Crippen LogP contribution in [0.2, 0.25) is 0 Å². The molecule has 2 amide bonds. The molecule has 0 spiro atoms. The van der Waals surface area contributed by atoms with Crippen LogP contribution in [-0.2, 0) is 14.3 Å². The molecule has 0 radical (unpaired) electrons. The molecular formula is C22H24N2O5. The van der Waals surface area contributed by atoms with Gasteiger partial charge < -0.3 is 20.1 Å². The van der Waals surface area contributed by atoms with Crippen LogP contribution >= 0.6 is 0 Å². The van der Waals surface area contributed by atoms with Gasteiger partial charge in [0.2, 0.25) is 5.91 Å². The molecule has 1 fully saturated rings. The fourth-order valence-corrected chi connectivity index (χ4v) is 3.13. The highest BCUT2D eigenvalue weighted by Gasteiger charge is 2.17. The molecule has 2 aromatic rings. The highest BCUT2D eigenvalue weighted by atomic mass is 16.5. The molecule has 7 heteroatoms. The van der Waals surface area contributed by atoms with E-state index >= 15 is 0 Å². The van der Waals surface area contributed by atoms with E-state index in [0.29, 0.717) is 35.0 Å². The third-order valence-electron chi connectivity index (χ3n) is 4.60. The van der Waals surface area contributed by atoms with Crippen LogP contribution in [0.5, 0.6) is 5.75 Å². The first-order valence-corrected chi connectivity index (χ1v) is 9.57. The van der Waals surface area contributed by atoms with E-state index in [1.54, 1.807) is 42.5 Å². The smallest absolute Gasteiger partial charge is 0.308 e. The van der Waals surface area contributed by atoms with Crippen molar-refractivity contribution >= 4 is 29.2 Å². The summed E-state index contributed by atoms with van der Waals surface area (Å²) in [5.74, 6) is -0.110. The second-order valence-corrected chi connectivity index (χ2v) is 6.96. The minimum Gasteiger partial charge on any atom is -0.427 e. The number of hydrogen-bond donors (Lipinski definition) is 2. The molecule has 1 heterocycles. The summed E-state index contributed by atoms with van der Waals surface area (Å²) in [5, 5.41) is 5.67. The Morgan fingerprint density at radius 1 is 1.00 bits per heavy atom. The second-order valence-electron chi connectivity index (χ2n) is 6.96. The van der Waals surface area contributed by atoms with Gasteiger partial charge in [0.15, 0.2) is 0 Å². The van der Waals surface area contributed by atoms with Crippen LogP contribution in [0.3, 0.4) is 0 Å². The number of nitrogens with one attached hydrogen (secondary N) is 2. The topological polar surface area (TPSA) is 93.7 Å². The average Bonchev–Trinajstić information content (AvgIpc) is 2.70. The molecule has 2 aromatic carbocycles. The van der Waals surface area contributed by atoms with Gasteiger partial charge in [-0.1, -0.05) is 6.07 Å². The predicted octanol–water partition coefficient (Wildman–Crippen LogP) is 3.62. The number of benzene rings is 2. The average molecular weight is 396 g/mol. The summed E-state index contributed by atoms with van der Waals surface area (Å²) in [6, 6.07) is 13.3. The fourth-order valence-electron chi connectivity index (χ4n) is 3.13. The molecule has 3 rings (SSSR count). The molecular weight excluding hydrogens is 372 g/mol. The lowest BCUT2D eigenvalue weighted by Gasteiger charge is -2.21. The summed E-state index contributed by atoms with van der Waals surface area (Å²) >= 11 is 0. The molecule has 2 N–H and O–H groups in total. The SMILES string of the molecule is CC(=O)Oc1cccc(C(=O)Nc2ccc(NC(=O)CC3CCOCC3)cc2)c1. The molecule has 7 nitrogen and oxygen atoms in total. The number of anilines is 2. The first kappa shape index (κ1) is 20.5. The fraction of sp³-hybridized carbons (Fsp3) is 0.318. The minimum atomic E-state index is -0.447. The lowest BCUT2D eigenvalue weighted by Crippen LogP contribution is -2.22. The van der Waals surface area contributed by atoms with E-state index in [1.165, 1.54) is 13.0 Å². The van der Waals surface area contributed by atoms with Crippen molar-refractivity contribution in [2.75, 3.05) is 23.8 Å². The number of esters is 1. The van der Waals surface area contributed by atoms with E-state index < -0.39 is 5.97 Å². The number of ether oxygens (including phenoxy) is 2. The van der Waals surface area contributed by atoms with E-state index in [2.05, 4.69) is 10.6 Å². The lowest BCUT2D eigenvalue weighted by atomic mass is 9.96. The number of amides is 2. The van der Waals surface area contributed by atoms with E-state index in [1.807, 2.05) is 0 Å². The normalized spacial score (nSPS) is 14.1. The Morgan fingerprint density at radius 2 is 1.66 bits per heavy atom. The third kappa shape index (κ3) is 6.43. The van der Waals surface area contributed by atoms with E-state index in [9.17, 15) is 14.4 Å². The van der Waals surface area contributed by atoms with Gasteiger partial charge in [0, 0.05) is 43.5 Å². The molecule has 1 saturated heterocycles. The second kappa shape index (κ2) is 9.84. The lowest BCUT2D eigenvalue weighted by molar-refractivity contribution is -0.131. The van der Waals surface area contributed by atoms with Gasteiger partial charge in [-0.25, -0.2) is 0 Å². The molecule has 0 aromatic heterocycles. The molecule has 1 aliphatic heterocycles. The number of carbonyl (C=O) groups is 3. The summed E-state index contributed by atoms with van der Waals surface area (Å²) in [5.41, 5.74) is 1.64. The summed E-state index contributed by atoms with van der Waals surface area (Å²) in [6.45, 7) is 2.74. The quantitative estimate of drug-likeness (QED) is 0.575. The first-order chi connectivity index (χ1) is 14.0. The predicted molar refractivity (Wildman–Crippen MR) is 109 cm³/mol. The molecule has 0 saturated carbocycles. The van der Waals surface area contributed by atoms with Crippen molar-refractivity contribution in [2.45, 2.75) is 26.2 Å². The van der Waals surface area contributed by atoms with Crippen molar-refractivity contribution < 1.29 is 23.9 Å². The molecule has 0 atom stereocenters. The van der Waals surface area contributed by atoms with Crippen LogP contribution in [0.15, 0.2) is 48.5 Å². The maximum atomic E-state index is 12.4. The maximum absolute atomic E-state index is 12.4. The van der Waals surface area contributed by atoms with Gasteiger partial charge in [-0.05, 0) is 61.2 Å². The standard InChI is InChI=1S/C22H24N2O5/c1-15(25)29-20-4-2-3-17(14-20)22(27)24-19-7-5-18(6-8-19)23-21(26)13-16-9-11-28-12-10-16/h2-8,14,16H,9-13H2,1H3,(H,23,26)(H,24,27). The van der Waals surface area contributed by atoms with Gasteiger partial charge >= 0.3 is 5.97 Å². The van der Waals surface area contributed by atoms with Crippen LogP contribution in [0.4, 0.5) is 11.4 Å². The Bertz CT molecular complexity index is 873. The Balaban J connectivity index is 1.54. The molecule has 0 bridgehead atoms. The van der Waals surface area contributed by atoms with Gasteiger partial charge in [-0.3, -0.25) is 14.4 Å². The highest BCUT2D eigenvalue weighted by molar-refractivity contribution is 6.04. The van der Waals surface area contributed by atoms with Crippen LogP contribution in [0.25, 0.3) is 0 Å². The molecule has 0 aliphatic carbocycles. The largest absolute Gasteiger partial charge is 0.427 e. The van der Waals surface area contributed by atoms with Gasteiger partial charge in [-0.15, -0.1) is 0 Å². The van der Waals surface area contributed by atoms with Crippen molar-refractivity contribution in [2.24, 2.45) is 5.92 Å². The van der Waals surface area contributed by atoms with Crippen LogP contribution < -0.4 is 15.4 Å². The van der Waals surface area contributed by atoms with Crippen molar-refractivity contribution in [3.63, 3.8) is 0 Å². The zero-order chi connectivity index (χ0) is 20.6. The Kier molecular flexibility index (Phi) is 6.97. The van der Waals surface area contributed by atoms with E-state index in [-0.39, 0.29) is 11.8 Å². The maximum Gasteiger partial charge on any atom is 0.308 e. The van der Waals surface area contributed by atoms with Crippen LogP contribution in [0, 0.1) is 5.92 Å². The van der Waals surface area contributed by atoms with Gasteiger partial charge in [0.25, 0.3) is 5.91 Å². The monoisotopic (exact) mass is 396 g/mol. The number of carbonyl (C=O) groups excluding carboxylic acids is 3. The zero-order valence-corrected chi connectivity index (χ0v) is 16.3. The van der Waals surface area contributed by atoms with E-state index in [0.717, 1.165) is 26.1 Å². The van der Waals surface area contributed by atoms with Crippen LogP contribution in [0.1, 0.15) is 36.5 Å². The number of rotatable bonds is 6. The first-order valence-electron chi connectivity index (χ1n) is 9.57. The summed E-state index contributed by atoms with van der Waals surface area (Å²) in [7, 11) is 0. The van der Waals surface area contributed by atoms with E-state index in [4.69, 9.17) is 9.47 Å². The Morgan fingerprint density at radius 3 is 2.31 bits per heavy atom. The zero-order valence-electron chi connectivity index (χ0n) is 16.3.